The van der Waals surface area contributed by atoms with Crippen molar-refractivity contribution in [3.63, 3.8) is 0 Å². The number of hydrogen-bond acceptors (Lipinski definition) is 4. The third kappa shape index (κ3) is 1.66. The second kappa shape index (κ2) is 3.86. The second-order valence-corrected chi connectivity index (χ2v) is 4.00. The number of hydrogen-bond donors (Lipinski definition) is 0. The van der Waals surface area contributed by atoms with Crippen LogP contribution in [0.4, 0.5) is 0 Å². The Morgan fingerprint density at radius 2 is 2.47 bits per heavy atom. The fourth-order valence-corrected chi connectivity index (χ4v) is 2.05. The lowest BCUT2D eigenvalue weighted by Gasteiger charge is -1.94. The third-order valence-corrected chi connectivity index (χ3v) is 2.95. The number of aryl methyl sites for hydroxylation is 1. The van der Waals surface area contributed by atoms with Gasteiger partial charge < -0.3 is 14.4 Å². The van der Waals surface area contributed by atoms with Crippen molar-refractivity contribution in [2.24, 2.45) is 0 Å². The van der Waals surface area contributed by atoms with Crippen molar-refractivity contribution >= 4 is 17.6 Å². The third-order valence-electron chi connectivity index (χ3n) is 2.09. The van der Waals surface area contributed by atoms with Gasteiger partial charge >= 0.3 is 5.89 Å². The molecule has 2 rings (SSSR count). The minimum absolute atomic E-state index is 0.0875. The molecule has 4 nitrogen and oxygen atoms in total. The lowest BCUT2D eigenvalue weighted by Crippen LogP contribution is -2.31. The van der Waals surface area contributed by atoms with E-state index in [1.807, 2.05) is 17.5 Å². The fourth-order valence-electron chi connectivity index (χ4n) is 1.37. The maximum atomic E-state index is 11.7. The van der Waals surface area contributed by atoms with Crippen LogP contribution in [-0.4, -0.2) is 6.29 Å². The summed E-state index contributed by atoms with van der Waals surface area (Å²) in [6.45, 7) is 1.68. The van der Waals surface area contributed by atoms with E-state index in [0.29, 0.717) is 22.5 Å². The van der Waals surface area contributed by atoms with E-state index in [-0.39, 0.29) is 12.3 Å². The summed E-state index contributed by atoms with van der Waals surface area (Å²) < 4.78 is 6.03. The van der Waals surface area contributed by atoms with Crippen LogP contribution in [0.2, 0.25) is 0 Å². The summed E-state index contributed by atoms with van der Waals surface area (Å²) in [6, 6.07) is 3.65. The number of aldehydes is 1. The zero-order valence-corrected chi connectivity index (χ0v) is 8.91. The van der Waals surface area contributed by atoms with Crippen LogP contribution in [0.15, 0.2) is 21.9 Å². The predicted octanol–water partition coefficient (Wildman–Crippen LogP) is 1.69. The molecule has 5 heteroatoms. The van der Waals surface area contributed by atoms with Crippen molar-refractivity contribution in [3.8, 4) is 10.8 Å². The smallest absolute Gasteiger partial charge is 0.402 e. The molecule has 15 heavy (non-hydrogen) atoms. The Labute approximate surface area is 90.4 Å². The maximum Gasteiger partial charge on any atom is 0.402 e. The molecule has 0 atom stereocenters. The molecular formula is C10H9NO3S. The maximum absolute atomic E-state index is 11.7. The van der Waals surface area contributed by atoms with Gasteiger partial charge in [0.25, 0.3) is 0 Å². The molecule has 0 unspecified atom stereocenters. The zero-order valence-electron chi connectivity index (χ0n) is 8.10. The molecule has 0 saturated heterocycles. The summed E-state index contributed by atoms with van der Waals surface area (Å²) in [5.41, 5.74) is 0.383. The molecule has 0 bridgehead atoms. The first-order chi connectivity index (χ1) is 7.24. The summed E-state index contributed by atoms with van der Waals surface area (Å²) in [7, 11) is 0. The highest BCUT2D eigenvalue weighted by Crippen LogP contribution is 2.24. The number of thiophene rings is 1. The molecule has 2 aromatic heterocycles. The Balaban J connectivity index is 2.51. The molecule has 0 aliphatic rings. The molecule has 0 amide bonds. The van der Waals surface area contributed by atoms with Crippen LogP contribution in [-0.2, 0) is 11.2 Å². The van der Waals surface area contributed by atoms with Gasteiger partial charge in [0, 0.05) is 6.92 Å². The van der Waals surface area contributed by atoms with Gasteiger partial charge in [0.05, 0.1) is 6.42 Å². The zero-order chi connectivity index (χ0) is 10.8. The molecule has 0 aromatic carbocycles. The van der Waals surface area contributed by atoms with Crippen LogP contribution >= 0.6 is 11.3 Å². The molecule has 0 spiro atoms. The summed E-state index contributed by atoms with van der Waals surface area (Å²) in [4.78, 5) is 11.2. The average molecular weight is 223 g/mol. The van der Waals surface area contributed by atoms with E-state index in [0.717, 1.165) is 4.88 Å². The molecule has 0 saturated carbocycles. The number of carbonyl (C=O) groups excluding carboxylic acids is 1. The molecule has 78 valence electrons. The fraction of sp³-hybridized carbons (Fsp3) is 0.200. The summed E-state index contributed by atoms with van der Waals surface area (Å²) in [5.74, 6) is 0.764. The van der Waals surface area contributed by atoms with Crippen LogP contribution in [0.5, 0.6) is 0 Å². The molecule has 2 aromatic rings. The van der Waals surface area contributed by atoms with Crippen molar-refractivity contribution < 1.29 is 13.9 Å². The van der Waals surface area contributed by atoms with Crippen molar-refractivity contribution in [2.75, 3.05) is 0 Å². The van der Waals surface area contributed by atoms with Gasteiger partial charge in [-0.25, -0.2) is 0 Å². The Morgan fingerprint density at radius 1 is 1.67 bits per heavy atom. The monoisotopic (exact) mass is 223 g/mol. The van der Waals surface area contributed by atoms with Gasteiger partial charge in [-0.2, -0.15) is 0 Å². The number of nitrogens with zero attached hydrogens (tertiary/aromatic N) is 1. The van der Waals surface area contributed by atoms with Crippen LogP contribution < -0.4 is 4.73 Å². The van der Waals surface area contributed by atoms with E-state index in [2.05, 4.69) is 0 Å². The summed E-state index contributed by atoms with van der Waals surface area (Å²) in [6.07, 6.45) is 0.786. The lowest BCUT2D eigenvalue weighted by molar-refractivity contribution is -0.603. The predicted molar refractivity (Wildman–Crippen MR) is 55.5 cm³/mol. The van der Waals surface area contributed by atoms with Crippen molar-refractivity contribution in [3.05, 3.63) is 34.2 Å². The first-order valence-corrected chi connectivity index (χ1v) is 5.31. The van der Waals surface area contributed by atoms with Gasteiger partial charge in [-0.1, -0.05) is 6.07 Å². The SMILES string of the molecule is Cc1oc(-c2cccs2)[n+]([O-])c1CC=O. The van der Waals surface area contributed by atoms with Crippen LogP contribution in [0.3, 0.4) is 0 Å². The standard InChI is InChI=1S/C10H9NO3S/c1-7-8(4-5-12)11(13)10(14-7)9-3-2-6-15-9/h2-3,5-6H,4H2,1H3. The Morgan fingerprint density at radius 3 is 3.07 bits per heavy atom. The van der Waals surface area contributed by atoms with E-state index in [9.17, 15) is 10.0 Å². The van der Waals surface area contributed by atoms with E-state index in [4.69, 9.17) is 4.42 Å². The molecule has 0 fully saturated rings. The minimum Gasteiger partial charge on any atom is -0.616 e. The topological polar surface area (TPSA) is 57.1 Å². The van der Waals surface area contributed by atoms with Gasteiger partial charge in [-0.3, -0.25) is 0 Å². The van der Waals surface area contributed by atoms with Gasteiger partial charge in [-0.05, 0) is 11.4 Å². The van der Waals surface area contributed by atoms with Crippen molar-refractivity contribution in [2.45, 2.75) is 13.3 Å². The average Bonchev–Trinajstić information content (AvgIpc) is 2.81. The molecule has 0 N–H and O–H groups in total. The number of rotatable bonds is 3. The highest BCUT2D eigenvalue weighted by molar-refractivity contribution is 7.13. The largest absolute Gasteiger partial charge is 0.616 e. The Kier molecular flexibility index (Phi) is 2.55. The first kappa shape index (κ1) is 9.92. The quantitative estimate of drug-likeness (QED) is 0.452. The van der Waals surface area contributed by atoms with Gasteiger partial charge in [0.1, 0.15) is 11.2 Å². The van der Waals surface area contributed by atoms with E-state index in [1.54, 1.807) is 6.92 Å². The summed E-state index contributed by atoms with van der Waals surface area (Å²) in [5, 5.41) is 13.6. The van der Waals surface area contributed by atoms with Gasteiger partial charge in [-0.15, -0.1) is 16.1 Å². The van der Waals surface area contributed by atoms with Crippen LogP contribution in [0.25, 0.3) is 10.8 Å². The minimum atomic E-state index is 0.0875. The Bertz CT molecular complexity index is 473. The van der Waals surface area contributed by atoms with Crippen LogP contribution in [0, 0.1) is 12.1 Å². The molecule has 0 radical (unpaired) electrons. The first-order valence-electron chi connectivity index (χ1n) is 4.43. The lowest BCUT2D eigenvalue weighted by atomic mass is 10.3. The van der Waals surface area contributed by atoms with Crippen molar-refractivity contribution in [1.82, 2.24) is 0 Å². The van der Waals surface area contributed by atoms with Crippen LogP contribution in [0.1, 0.15) is 11.5 Å². The Hall–Kier alpha value is -1.62. The molecule has 0 aliphatic heterocycles. The van der Waals surface area contributed by atoms with Gasteiger partial charge in [0.15, 0.2) is 5.76 Å². The normalized spacial score (nSPS) is 10.5. The van der Waals surface area contributed by atoms with E-state index < -0.39 is 0 Å². The molecule has 0 aliphatic carbocycles. The van der Waals surface area contributed by atoms with E-state index in [1.165, 1.54) is 11.3 Å². The number of aromatic nitrogens is 1. The van der Waals surface area contributed by atoms with Crippen molar-refractivity contribution in [1.29, 1.82) is 0 Å². The summed E-state index contributed by atoms with van der Waals surface area (Å²) >= 11 is 1.43. The second-order valence-electron chi connectivity index (χ2n) is 3.05. The molecular weight excluding hydrogens is 214 g/mol. The highest BCUT2D eigenvalue weighted by Gasteiger charge is 2.23. The van der Waals surface area contributed by atoms with Gasteiger partial charge in [0.2, 0.25) is 5.69 Å². The van der Waals surface area contributed by atoms with E-state index >= 15 is 0 Å². The molecule has 2 heterocycles. The number of carbonyl (C=O) groups is 1. The highest BCUT2D eigenvalue weighted by atomic mass is 32.1. The number of oxazole rings is 1.